The molecule has 25 heavy (non-hydrogen) atoms. The third kappa shape index (κ3) is 4.76. The SMILES string of the molecule is CCN(CC(=O)Nc1ccc(OC)cc1)C(=O)c1ccc(F)cc1F. The van der Waals surface area contributed by atoms with E-state index in [0.29, 0.717) is 17.5 Å². The van der Waals surface area contributed by atoms with E-state index in [1.165, 1.54) is 12.0 Å². The number of amides is 2. The van der Waals surface area contributed by atoms with Crippen molar-refractivity contribution in [2.75, 3.05) is 25.5 Å². The van der Waals surface area contributed by atoms with Crippen molar-refractivity contribution in [2.24, 2.45) is 0 Å². The molecule has 1 N–H and O–H groups in total. The lowest BCUT2D eigenvalue weighted by Crippen LogP contribution is -2.38. The summed E-state index contributed by atoms with van der Waals surface area (Å²) in [6.07, 6.45) is 0. The molecule has 0 unspecified atom stereocenters. The maximum absolute atomic E-state index is 13.8. The first-order valence-corrected chi connectivity index (χ1v) is 7.62. The minimum atomic E-state index is -0.959. The minimum Gasteiger partial charge on any atom is -0.497 e. The Morgan fingerprint density at radius 2 is 1.80 bits per heavy atom. The second-order valence-electron chi connectivity index (χ2n) is 5.22. The van der Waals surface area contributed by atoms with Gasteiger partial charge >= 0.3 is 0 Å². The molecule has 0 saturated carbocycles. The Kier molecular flexibility index (Phi) is 6.05. The van der Waals surface area contributed by atoms with Crippen molar-refractivity contribution in [3.8, 4) is 5.75 Å². The van der Waals surface area contributed by atoms with Gasteiger partial charge in [0, 0.05) is 18.3 Å². The molecule has 0 aliphatic rings. The largest absolute Gasteiger partial charge is 0.497 e. The van der Waals surface area contributed by atoms with E-state index in [1.54, 1.807) is 31.2 Å². The number of ether oxygens (including phenoxy) is 1. The van der Waals surface area contributed by atoms with Gasteiger partial charge in [-0.05, 0) is 43.3 Å². The molecule has 2 rings (SSSR count). The van der Waals surface area contributed by atoms with Crippen molar-refractivity contribution < 1.29 is 23.1 Å². The predicted molar refractivity (Wildman–Crippen MR) is 89.6 cm³/mol. The molecule has 0 bridgehead atoms. The molecule has 0 radical (unpaired) electrons. The Hall–Kier alpha value is -2.96. The smallest absolute Gasteiger partial charge is 0.257 e. The van der Waals surface area contributed by atoms with Crippen LogP contribution < -0.4 is 10.1 Å². The Bertz CT molecular complexity index is 763. The highest BCUT2D eigenvalue weighted by Gasteiger charge is 2.20. The van der Waals surface area contributed by atoms with Crippen LogP contribution in [0.4, 0.5) is 14.5 Å². The molecule has 0 fully saturated rings. The molecule has 5 nitrogen and oxygen atoms in total. The Balaban J connectivity index is 2.04. The van der Waals surface area contributed by atoms with Gasteiger partial charge in [-0.3, -0.25) is 9.59 Å². The quantitative estimate of drug-likeness (QED) is 0.873. The van der Waals surface area contributed by atoms with Gasteiger partial charge in [0.15, 0.2) is 0 Å². The van der Waals surface area contributed by atoms with Crippen LogP contribution >= 0.6 is 0 Å². The van der Waals surface area contributed by atoms with Crippen LogP contribution in [0.2, 0.25) is 0 Å². The third-order valence-electron chi connectivity index (χ3n) is 3.54. The molecular formula is C18H18F2N2O3. The van der Waals surface area contributed by atoms with E-state index < -0.39 is 23.4 Å². The van der Waals surface area contributed by atoms with Crippen LogP contribution in [-0.2, 0) is 4.79 Å². The summed E-state index contributed by atoms with van der Waals surface area (Å²) in [7, 11) is 1.53. The van der Waals surface area contributed by atoms with Crippen LogP contribution in [0.3, 0.4) is 0 Å². The number of carbonyl (C=O) groups excluding carboxylic acids is 2. The van der Waals surface area contributed by atoms with E-state index in [4.69, 9.17) is 4.74 Å². The zero-order valence-corrected chi connectivity index (χ0v) is 13.9. The first-order chi connectivity index (χ1) is 11.9. The average molecular weight is 348 g/mol. The van der Waals surface area contributed by atoms with Gasteiger partial charge in [0.05, 0.1) is 12.7 Å². The first kappa shape index (κ1) is 18.4. The summed E-state index contributed by atoms with van der Waals surface area (Å²) in [4.78, 5) is 25.6. The zero-order valence-electron chi connectivity index (χ0n) is 13.9. The molecule has 132 valence electrons. The van der Waals surface area contributed by atoms with Gasteiger partial charge in [-0.1, -0.05) is 0 Å². The molecule has 2 aromatic rings. The van der Waals surface area contributed by atoms with E-state index in [0.717, 1.165) is 12.1 Å². The van der Waals surface area contributed by atoms with Crippen LogP contribution in [0.25, 0.3) is 0 Å². The molecule has 2 amide bonds. The van der Waals surface area contributed by atoms with Gasteiger partial charge in [0.2, 0.25) is 5.91 Å². The van der Waals surface area contributed by atoms with Crippen molar-refractivity contribution in [3.05, 3.63) is 59.7 Å². The van der Waals surface area contributed by atoms with Crippen LogP contribution in [0.1, 0.15) is 17.3 Å². The maximum Gasteiger partial charge on any atom is 0.257 e. The normalized spacial score (nSPS) is 10.2. The van der Waals surface area contributed by atoms with Gasteiger partial charge in [0.25, 0.3) is 5.91 Å². The number of nitrogens with one attached hydrogen (secondary N) is 1. The molecule has 2 aromatic carbocycles. The highest BCUT2D eigenvalue weighted by Crippen LogP contribution is 2.16. The average Bonchev–Trinajstić information content (AvgIpc) is 2.60. The van der Waals surface area contributed by atoms with Crippen molar-refractivity contribution in [2.45, 2.75) is 6.92 Å². The van der Waals surface area contributed by atoms with Gasteiger partial charge in [-0.25, -0.2) is 8.78 Å². The van der Waals surface area contributed by atoms with Crippen molar-refractivity contribution in [1.82, 2.24) is 4.90 Å². The van der Waals surface area contributed by atoms with Gasteiger partial charge in [-0.15, -0.1) is 0 Å². The highest BCUT2D eigenvalue weighted by molar-refractivity contribution is 5.99. The number of rotatable bonds is 6. The van der Waals surface area contributed by atoms with E-state index in [1.807, 2.05) is 0 Å². The fourth-order valence-corrected chi connectivity index (χ4v) is 2.21. The summed E-state index contributed by atoms with van der Waals surface area (Å²) < 4.78 is 31.7. The lowest BCUT2D eigenvalue weighted by atomic mass is 10.1. The molecule has 0 aliphatic heterocycles. The summed E-state index contributed by atoms with van der Waals surface area (Å²) in [5.74, 6) is -2.18. The minimum absolute atomic E-state index is 0.200. The van der Waals surface area contributed by atoms with E-state index in [2.05, 4.69) is 5.32 Å². The van der Waals surface area contributed by atoms with Crippen LogP contribution in [0.15, 0.2) is 42.5 Å². The maximum atomic E-state index is 13.8. The summed E-state index contributed by atoms with van der Waals surface area (Å²) in [6, 6.07) is 9.40. The van der Waals surface area contributed by atoms with E-state index >= 15 is 0 Å². The topological polar surface area (TPSA) is 58.6 Å². The molecule has 0 atom stereocenters. The van der Waals surface area contributed by atoms with Gasteiger partial charge in [-0.2, -0.15) is 0 Å². The number of hydrogen-bond acceptors (Lipinski definition) is 3. The molecule has 0 spiro atoms. The van der Waals surface area contributed by atoms with Gasteiger partial charge < -0.3 is 15.0 Å². The van der Waals surface area contributed by atoms with Crippen molar-refractivity contribution in [1.29, 1.82) is 0 Å². The van der Waals surface area contributed by atoms with E-state index in [9.17, 15) is 18.4 Å². The molecular weight excluding hydrogens is 330 g/mol. The first-order valence-electron chi connectivity index (χ1n) is 7.62. The lowest BCUT2D eigenvalue weighted by molar-refractivity contribution is -0.116. The summed E-state index contributed by atoms with van der Waals surface area (Å²) in [6.45, 7) is 1.61. The third-order valence-corrected chi connectivity index (χ3v) is 3.54. The van der Waals surface area contributed by atoms with Crippen LogP contribution in [0.5, 0.6) is 5.75 Å². The van der Waals surface area contributed by atoms with Crippen molar-refractivity contribution >= 4 is 17.5 Å². The number of halogens is 2. The molecule has 7 heteroatoms. The fraction of sp³-hybridized carbons (Fsp3) is 0.222. The predicted octanol–water partition coefficient (Wildman–Crippen LogP) is 3.07. The number of hydrogen-bond donors (Lipinski definition) is 1. The number of carbonyl (C=O) groups is 2. The number of methoxy groups -OCH3 is 1. The summed E-state index contributed by atoms with van der Waals surface area (Å²) >= 11 is 0. The van der Waals surface area contributed by atoms with E-state index in [-0.39, 0.29) is 18.7 Å². The van der Waals surface area contributed by atoms with Crippen LogP contribution in [0, 0.1) is 11.6 Å². The molecule has 0 heterocycles. The summed E-state index contributed by atoms with van der Waals surface area (Å²) in [5.41, 5.74) is 0.266. The van der Waals surface area contributed by atoms with Gasteiger partial charge in [0.1, 0.15) is 23.9 Å². The number of nitrogens with zero attached hydrogens (tertiary/aromatic N) is 1. The van der Waals surface area contributed by atoms with Crippen molar-refractivity contribution in [3.63, 3.8) is 0 Å². The number of anilines is 1. The second-order valence-corrected chi connectivity index (χ2v) is 5.22. The number of benzene rings is 2. The number of likely N-dealkylation sites (N-methyl/N-ethyl adjacent to an activating group) is 1. The zero-order chi connectivity index (χ0) is 18.4. The lowest BCUT2D eigenvalue weighted by Gasteiger charge is -2.20. The Morgan fingerprint density at radius 1 is 1.12 bits per heavy atom. The molecule has 0 saturated heterocycles. The Labute approximate surface area is 144 Å². The summed E-state index contributed by atoms with van der Waals surface area (Å²) in [5, 5.41) is 2.65. The fourth-order valence-electron chi connectivity index (χ4n) is 2.21. The van der Waals surface area contributed by atoms with Crippen LogP contribution in [-0.4, -0.2) is 36.9 Å². The molecule has 0 aromatic heterocycles. The second kappa shape index (κ2) is 8.23. The molecule has 0 aliphatic carbocycles. The Morgan fingerprint density at radius 3 is 2.36 bits per heavy atom. The highest BCUT2D eigenvalue weighted by atomic mass is 19.1. The standard InChI is InChI=1S/C18H18F2N2O3/c1-3-22(18(24)15-9-4-12(19)10-16(15)20)11-17(23)21-13-5-7-14(25-2)8-6-13/h4-10H,3,11H2,1-2H3,(H,21,23). The monoisotopic (exact) mass is 348 g/mol.